The van der Waals surface area contributed by atoms with Gasteiger partial charge in [0, 0.05) is 39.5 Å². The zero-order valence-corrected chi connectivity index (χ0v) is 21.8. The number of dihydropyridines is 1. The van der Waals surface area contributed by atoms with Crippen molar-refractivity contribution in [2.24, 2.45) is 0 Å². The van der Waals surface area contributed by atoms with Crippen LogP contribution in [0, 0.1) is 13.8 Å². The Hall–Kier alpha value is -4.64. The Morgan fingerprint density at radius 1 is 0.842 bits per heavy atom. The van der Waals surface area contributed by atoms with Crippen molar-refractivity contribution in [2.75, 3.05) is 7.11 Å². The minimum Gasteiger partial charge on any atom is -0.466 e. The van der Waals surface area contributed by atoms with Crippen molar-refractivity contribution in [3.63, 3.8) is 0 Å². The van der Waals surface area contributed by atoms with Crippen LogP contribution in [0.4, 0.5) is 0 Å². The third kappa shape index (κ3) is 3.54. The molecule has 2 aliphatic rings. The van der Waals surface area contributed by atoms with Crippen LogP contribution in [0.1, 0.15) is 45.7 Å². The molecule has 0 unspecified atom stereocenters. The lowest BCUT2D eigenvalue weighted by molar-refractivity contribution is -0.136. The number of ketones is 1. The highest BCUT2D eigenvalue weighted by molar-refractivity contribution is 6.23. The molecule has 0 radical (unpaired) electrons. The molecule has 2 heterocycles. The summed E-state index contributed by atoms with van der Waals surface area (Å²) < 4.78 is 7.40. The lowest BCUT2D eigenvalue weighted by Crippen LogP contribution is -2.29. The molecule has 0 amide bonds. The molecular formula is C33H28N2O3. The van der Waals surface area contributed by atoms with Crippen LogP contribution in [0.15, 0.2) is 102 Å². The van der Waals surface area contributed by atoms with Crippen LogP contribution >= 0.6 is 0 Å². The largest absolute Gasteiger partial charge is 0.466 e. The smallest absolute Gasteiger partial charge is 0.336 e. The molecule has 6 rings (SSSR count). The standard InChI is InChI=1S/C33H28N2O3/c1-19-18-27(21(3)35(19)24-16-14-23(15-17-24)22-10-6-5-7-11-22)29-28(33(37)38-4)20(2)34-31-25-12-8-9-13-26(25)32(36)30(29)31/h5-18,29,34H,1-4H3/t29-/m0/s1. The summed E-state index contributed by atoms with van der Waals surface area (Å²) in [4.78, 5) is 26.9. The molecule has 0 fully saturated rings. The first kappa shape index (κ1) is 23.7. The van der Waals surface area contributed by atoms with Crippen molar-refractivity contribution in [1.29, 1.82) is 0 Å². The maximum atomic E-state index is 13.7. The number of aromatic nitrogens is 1. The second kappa shape index (κ2) is 9.03. The topological polar surface area (TPSA) is 60.3 Å². The number of methoxy groups -OCH3 is 1. The van der Waals surface area contributed by atoms with Crippen molar-refractivity contribution in [2.45, 2.75) is 26.7 Å². The minimum absolute atomic E-state index is 0.0565. The summed E-state index contributed by atoms with van der Waals surface area (Å²) >= 11 is 0. The number of benzene rings is 3. The molecule has 5 nitrogen and oxygen atoms in total. The van der Waals surface area contributed by atoms with E-state index in [0.29, 0.717) is 22.4 Å². The number of hydrogen-bond donors (Lipinski definition) is 1. The van der Waals surface area contributed by atoms with E-state index in [-0.39, 0.29) is 5.78 Å². The molecule has 4 aromatic rings. The number of hydrogen-bond acceptors (Lipinski definition) is 4. The molecule has 38 heavy (non-hydrogen) atoms. The zero-order valence-electron chi connectivity index (χ0n) is 21.8. The van der Waals surface area contributed by atoms with E-state index in [1.165, 1.54) is 7.11 Å². The summed E-state index contributed by atoms with van der Waals surface area (Å²) in [6, 6.07) is 28.4. The van der Waals surface area contributed by atoms with Gasteiger partial charge in [0.2, 0.25) is 0 Å². The number of rotatable bonds is 4. The van der Waals surface area contributed by atoms with E-state index in [0.717, 1.165) is 45.0 Å². The SMILES string of the molecule is COC(=O)C1=C(C)NC2=C(C(=O)c3ccccc32)[C@H]1c1cc(C)n(-c2ccc(-c3ccccc3)cc2)c1C. The quantitative estimate of drug-likeness (QED) is 0.325. The molecule has 0 saturated heterocycles. The van der Waals surface area contributed by atoms with Crippen LogP contribution in [0.5, 0.6) is 0 Å². The van der Waals surface area contributed by atoms with Gasteiger partial charge in [-0.05, 0) is 55.7 Å². The summed E-state index contributed by atoms with van der Waals surface area (Å²) in [5.74, 6) is -1.03. The van der Waals surface area contributed by atoms with Gasteiger partial charge in [0.25, 0.3) is 0 Å². The Balaban J connectivity index is 1.49. The number of esters is 1. The molecule has 1 N–H and O–H groups in total. The number of carbonyl (C=O) groups excluding carboxylic acids is 2. The van der Waals surface area contributed by atoms with Gasteiger partial charge >= 0.3 is 5.97 Å². The van der Waals surface area contributed by atoms with E-state index in [2.05, 4.69) is 59.3 Å². The predicted molar refractivity (Wildman–Crippen MR) is 149 cm³/mol. The van der Waals surface area contributed by atoms with Gasteiger partial charge in [-0.15, -0.1) is 0 Å². The van der Waals surface area contributed by atoms with E-state index in [9.17, 15) is 9.59 Å². The van der Waals surface area contributed by atoms with E-state index < -0.39 is 11.9 Å². The van der Waals surface area contributed by atoms with Crippen LogP contribution < -0.4 is 5.32 Å². The number of nitrogens with zero attached hydrogens (tertiary/aromatic N) is 1. The van der Waals surface area contributed by atoms with Gasteiger partial charge < -0.3 is 14.6 Å². The van der Waals surface area contributed by atoms with E-state index in [1.54, 1.807) is 0 Å². The number of fused-ring (bicyclic) bond motifs is 2. The number of aryl methyl sites for hydroxylation is 1. The summed E-state index contributed by atoms with van der Waals surface area (Å²) in [7, 11) is 1.38. The zero-order chi connectivity index (χ0) is 26.6. The molecule has 0 saturated carbocycles. The van der Waals surface area contributed by atoms with Crippen LogP contribution in [0.2, 0.25) is 0 Å². The van der Waals surface area contributed by atoms with Crippen molar-refractivity contribution >= 4 is 17.4 Å². The Morgan fingerprint density at radius 2 is 1.47 bits per heavy atom. The van der Waals surface area contributed by atoms with Gasteiger partial charge in [-0.2, -0.15) is 0 Å². The van der Waals surface area contributed by atoms with Crippen LogP contribution in [0.25, 0.3) is 22.5 Å². The highest BCUT2D eigenvalue weighted by atomic mass is 16.5. The number of allylic oxidation sites excluding steroid dienone is 2. The molecule has 1 aromatic heterocycles. The molecule has 1 aliphatic carbocycles. The third-order valence-corrected chi connectivity index (χ3v) is 7.67. The monoisotopic (exact) mass is 500 g/mol. The average molecular weight is 501 g/mol. The van der Waals surface area contributed by atoms with Gasteiger partial charge in [-0.1, -0.05) is 66.7 Å². The fourth-order valence-electron chi connectivity index (χ4n) is 5.93. The highest BCUT2D eigenvalue weighted by Crippen LogP contribution is 2.48. The van der Waals surface area contributed by atoms with Gasteiger partial charge in [0.1, 0.15) is 0 Å². The normalized spacial score (nSPS) is 16.3. The number of nitrogens with one attached hydrogen (secondary N) is 1. The van der Waals surface area contributed by atoms with Crippen molar-refractivity contribution in [3.05, 3.63) is 130 Å². The van der Waals surface area contributed by atoms with Gasteiger partial charge in [0.05, 0.1) is 24.3 Å². The first-order valence-corrected chi connectivity index (χ1v) is 12.7. The van der Waals surface area contributed by atoms with Crippen molar-refractivity contribution in [1.82, 2.24) is 9.88 Å². The van der Waals surface area contributed by atoms with Crippen molar-refractivity contribution < 1.29 is 14.3 Å². The van der Waals surface area contributed by atoms with Gasteiger partial charge in [-0.3, -0.25) is 4.79 Å². The fourth-order valence-corrected chi connectivity index (χ4v) is 5.93. The first-order valence-electron chi connectivity index (χ1n) is 12.7. The maximum absolute atomic E-state index is 13.7. The van der Waals surface area contributed by atoms with E-state index >= 15 is 0 Å². The molecular weight excluding hydrogens is 472 g/mol. The molecule has 5 heteroatoms. The Labute approximate surface area is 222 Å². The third-order valence-electron chi connectivity index (χ3n) is 7.67. The summed E-state index contributed by atoms with van der Waals surface area (Å²) in [6.45, 7) is 5.97. The van der Waals surface area contributed by atoms with E-state index in [1.807, 2.05) is 56.3 Å². The number of ether oxygens (including phenoxy) is 1. The highest BCUT2D eigenvalue weighted by Gasteiger charge is 2.43. The van der Waals surface area contributed by atoms with Crippen LogP contribution in [0.3, 0.4) is 0 Å². The molecule has 188 valence electrons. The Kier molecular flexibility index (Phi) is 5.64. The first-order chi connectivity index (χ1) is 18.4. The number of carbonyl (C=O) groups is 2. The summed E-state index contributed by atoms with van der Waals surface area (Å²) in [6.07, 6.45) is 0. The van der Waals surface area contributed by atoms with Crippen molar-refractivity contribution in [3.8, 4) is 16.8 Å². The summed E-state index contributed by atoms with van der Waals surface area (Å²) in [5, 5.41) is 3.36. The van der Waals surface area contributed by atoms with Gasteiger partial charge in [-0.25, -0.2) is 4.79 Å². The maximum Gasteiger partial charge on any atom is 0.336 e. The Morgan fingerprint density at radius 3 is 2.16 bits per heavy atom. The van der Waals surface area contributed by atoms with Gasteiger partial charge in [0.15, 0.2) is 5.78 Å². The minimum atomic E-state index is -0.540. The second-order valence-corrected chi connectivity index (χ2v) is 9.83. The summed E-state index contributed by atoms with van der Waals surface area (Å²) in [5.41, 5.74) is 10.3. The average Bonchev–Trinajstić information content (AvgIpc) is 3.40. The molecule has 1 aliphatic heterocycles. The Bertz CT molecular complexity index is 1670. The predicted octanol–water partition coefficient (Wildman–Crippen LogP) is 6.50. The fraction of sp³-hybridized carbons (Fsp3) is 0.152. The second-order valence-electron chi connectivity index (χ2n) is 9.83. The van der Waals surface area contributed by atoms with E-state index in [4.69, 9.17) is 4.74 Å². The number of Topliss-reactive ketones (excluding diaryl/α,β-unsaturated/α-hetero) is 1. The lowest BCUT2D eigenvalue weighted by atomic mass is 9.79. The molecule has 1 atom stereocenters. The van der Waals surface area contributed by atoms with Crippen LogP contribution in [-0.2, 0) is 9.53 Å². The van der Waals surface area contributed by atoms with Crippen LogP contribution in [-0.4, -0.2) is 23.4 Å². The lowest BCUT2D eigenvalue weighted by Gasteiger charge is -2.29. The molecule has 0 spiro atoms. The molecule has 3 aromatic carbocycles. The molecule has 0 bridgehead atoms.